The number of benzene rings is 1. The summed E-state index contributed by atoms with van der Waals surface area (Å²) in [4.78, 5) is 34.6. The van der Waals surface area contributed by atoms with Gasteiger partial charge in [0.15, 0.2) is 11.8 Å². The van der Waals surface area contributed by atoms with E-state index < -0.39 is 23.5 Å². The number of amides is 2. The van der Waals surface area contributed by atoms with Gasteiger partial charge in [0.2, 0.25) is 0 Å². The Balaban J connectivity index is 1.84. The maximum atomic E-state index is 12.0. The zero-order valence-electron chi connectivity index (χ0n) is 13.7. The highest BCUT2D eigenvalue weighted by atomic mass is 16.5. The molecule has 1 aromatic heterocycles. The van der Waals surface area contributed by atoms with Gasteiger partial charge in [-0.25, -0.2) is 5.10 Å². The summed E-state index contributed by atoms with van der Waals surface area (Å²) in [7, 11) is 0. The van der Waals surface area contributed by atoms with Gasteiger partial charge in [-0.05, 0) is 44.2 Å². The van der Waals surface area contributed by atoms with Crippen LogP contribution in [-0.4, -0.2) is 34.7 Å². The van der Waals surface area contributed by atoms with E-state index in [2.05, 4.69) is 21.0 Å². The molecule has 2 rings (SSSR count). The number of carbonyl (C=O) groups is 2. The molecule has 1 atom stereocenters. The van der Waals surface area contributed by atoms with Crippen molar-refractivity contribution >= 4 is 11.8 Å². The molecule has 0 radical (unpaired) electrons. The second kappa shape index (κ2) is 8.48. The Bertz CT molecular complexity index is 767. The minimum absolute atomic E-state index is 0.0417. The van der Waals surface area contributed by atoms with Gasteiger partial charge in [-0.1, -0.05) is 0 Å². The van der Waals surface area contributed by atoms with Crippen molar-refractivity contribution in [3.05, 3.63) is 52.4 Å². The monoisotopic (exact) mass is 346 g/mol. The molecule has 0 saturated heterocycles. The Hall–Kier alpha value is -3.36. The molecule has 2 aromatic rings. The zero-order valence-corrected chi connectivity index (χ0v) is 13.7. The lowest BCUT2D eigenvalue weighted by Crippen LogP contribution is -2.47. The van der Waals surface area contributed by atoms with Crippen LogP contribution in [0.5, 0.6) is 11.5 Å². The number of hydrazine groups is 1. The van der Waals surface area contributed by atoms with Crippen LogP contribution in [0, 0.1) is 0 Å². The van der Waals surface area contributed by atoms with Gasteiger partial charge in [-0.3, -0.25) is 25.2 Å². The van der Waals surface area contributed by atoms with Crippen molar-refractivity contribution in [3.8, 4) is 11.5 Å². The van der Waals surface area contributed by atoms with E-state index in [-0.39, 0.29) is 5.69 Å². The topological polar surface area (TPSA) is 122 Å². The Morgan fingerprint density at radius 1 is 1.12 bits per heavy atom. The van der Waals surface area contributed by atoms with Crippen LogP contribution >= 0.6 is 0 Å². The van der Waals surface area contributed by atoms with E-state index in [1.807, 2.05) is 6.92 Å². The Morgan fingerprint density at radius 2 is 1.80 bits per heavy atom. The van der Waals surface area contributed by atoms with E-state index >= 15 is 0 Å². The van der Waals surface area contributed by atoms with Gasteiger partial charge in [0.1, 0.15) is 11.5 Å². The summed E-state index contributed by atoms with van der Waals surface area (Å²) >= 11 is 0. The molecule has 2 amide bonds. The molecule has 1 aromatic carbocycles. The van der Waals surface area contributed by atoms with E-state index in [9.17, 15) is 14.4 Å². The summed E-state index contributed by atoms with van der Waals surface area (Å²) in [6.45, 7) is 3.98. The Kier molecular flexibility index (Phi) is 6.10. The summed E-state index contributed by atoms with van der Waals surface area (Å²) in [5.41, 5.74) is 3.94. The standard InChI is InChI=1S/C16H18N4O5/c1-3-24-11-4-6-12(7-5-11)25-10(2)15(22)19-20-16(23)13-8-9-14(21)18-17-13/h4-10H,3H2,1-2H3,(H,18,21)(H,19,22)(H,20,23). The van der Waals surface area contributed by atoms with E-state index in [1.54, 1.807) is 24.3 Å². The van der Waals surface area contributed by atoms with Crippen LogP contribution in [0.1, 0.15) is 24.3 Å². The fraction of sp³-hybridized carbons (Fsp3) is 0.250. The third kappa shape index (κ3) is 5.34. The van der Waals surface area contributed by atoms with Crippen molar-refractivity contribution in [1.29, 1.82) is 0 Å². The molecule has 9 heteroatoms. The number of aromatic nitrogens is 2. The number of hydrogen-bond acceptors (Lipinski definition) is 6. The lowest BCUT2D eigenvalue weighted by Gasteiger charge is -2.15. The molecule has 132 valence electrons. The van der Waals surface area contributed by atoms with Crippen LogP contribution in [0.15, 0.2) is 41.2 Å². The maximum absolute atomic E-state index is 12.0. The smallest absolute Gasteiger partial charge is 0.290 e. The molecule has 0 saturated carbocycles. The lowest BCUT2D eigenvalue weighted by atomic mass is 10.3. The number of carbonyl (C=O) groups excluding carboxylic acids is 2. The van der Waals surface area contributed by atoms with E-state index in [0.29, 0.717) is 18.1 Å². The number of ether oxygens (including phenoxy) is 2. The quantitative estimate of drug-likeness (QED) is 0.651. The largest absolute Gasteiger partial charge is 0.494 e. The second-order valence-corrected chi connectivity index (χ2v) is 4.91. The molecular formula is C16H18N4O5. The molecule has 25 heavy (non-hydrogen) atoms. The first kappa shape index (κ1) is 18.0. The third-order valence-electron chi connectivity index (χ3n) is 3.03. The highest BCUT2D eigenvalue weighted by molar-refractivity contribution is 5.93. The fourth-order valence-corrected chi connectivity index (χ4v) is 1.79. The average molecular weight is 346 g/mol. The van der Waals surface area contributed by atoms with Crippen molar-refractivity contribution in [1.82, 2.24) is 21.0 Å². The molecule has 0 aliphatic carbocycles. The molecular weight excluding hydrogens is 328 g/mol. The van der Waals surface area contributed by atoms with E-state index in [1.165, 1.54) is 13.0 Å². The minimum Gasteiger partial charge on any atom is -0.494 e. The van der Waals surface area contributed by atoms with Crippen molar-refractivity contribution in [2.75, 3.05) is 6.61 Å². The number of nitrogens with one attached hydrogen (secondary N) is 3. The van der Waals surface area contributed by atoms with Crippen molar-refractivity contribution in [3.63, 3.8) is 0 Å². The van der Waals surface area contributed by atoms with E-state index in [4.69, 9.17) is 9.47 Å². The number of H-pyrrole nitrogens is 1. The van der Waals surface area contributed by atoms with Gasteiger partial charge >= 0.3 is 0 Å². The van der Waals surface area contributed by atoms with Crippen LogP contribution in [0.4, 0.5) is 0 Å². The van der Waals surface area contributed by atoms with Crippen LogP contribution in [0.25, 0.3) is 0 Å². The molecule has 0 aliphatic rings. The molecule has 1 unspecified atom stereocenters. The third-order valence-corrected chi connectivity index (χ3v) is 3.03. The molecule has 0 fully saturated rings. The maximum Gasteiger partial charge on any atom is 0.290 e. The number of rotatable bonds is 6. The second-order valence-electron chi connectivity index (χ2n) is 4.91. The van der Waals surface area contributed by atoms with Crippen LogP contribution in [0.3, 0.4) is 0 Å². The van der Waals surface area contributed by atoms with Gasteiger partial charge in [-0.15, -0.1) is 0 Å². The van der Waals surface area contributed by atoms with Crippen LogP contribution in [-0.2, 0) is 4.79 Å². The molecule has 1 heterocycles. The normalized spacial score (nSPS) is 11.3. The van der Waals surface area contributed by atoms with Crippen molar-refractivity contribution in [2.45, 2.75) is 20.0 Å². The first-order valence-corrected chi connectivity index (χ1v) is 7.55. The summed E-state index contributed by atoms with van der Waals surface area (Å²) in [6, 6.07) is 9.21. The Labute approximate surface area is 143 Å². The van der Waals surface area contributed by atoms with E-state index in [0.717, 1.165) is 6.07 Å². The number of nitrogens with zero attached hydrogens (tertiary/aromatic N) is 1. The first-order chi connectivity index (χ1) is 12.0. The van der Waals surface area contributed by atoms with Gasteiger partial charge in [-0.2, -0.15) is 5.10 Å². The summed E-state index contributed by atoms with van der Waals surface area (Å²) < 4.78 is 10.8. The average Bonchev–Trinajstić information content (AvgIpc) is 2.61. The molecule has 9 nitrogen and oxygen atoms in total. The SMILES string of the molecule is CCOc1ccc(OC(C)C(=O)NNC(=O)c2ccc(=O)[nH]n2)cc1. The van der Waals surface area contributed by atoms with Gasteiger partial charge in [0, 0.05) is 6.07 Å². The highest BCUT2D eigenvalue weighted by Crippen LogP contribution is 2.18. The Morgan fingerprint density at radius 3 is 2.40 bits per heavy atom. The van der Waals surface area contributed by atoms with Crippen LogP contribution in [0.2, 0.25) is 0 Å². The van der Waals surface area contributed by atoms with Crippen molar-refractivity contribution < 1.29 is 19.1 Å². The van der Waals surface area contributed by atoms with Crippen LogP contribution < -0.4 is 25.9 Å². The van der Waals surface area contributed by atoms with Crippen molar-refractivity contribution in [2.24, 2.45) is 0 Å². The van der Waals surface area contributed by atoms with Gasteiger partial charge in [0.25, 0.3) is 17.4 Å². The minimum atomic E-state index is -0.846. The van der Waals surface area contributed by atoms with Gasteiger partial charge in [0.05, 0.1) is 6.61 Å². The predicted octanol–water partition coefficient (Wildman–Crippen LogP) is 0.397. The zero-order chi connectivity index (χ0) is 18.2. The number of hydrogen-bond donors (Lipinski definition) is 3. The summed E-state index contributed by atoms with van der Waals surface area (Å²) in [5, 5.41) is 5.67. The lowest BCUT2D eigenvalue weighted by molar-refractivity contribution is -0.128. The molecule has 0 bridgehead atoms. The molecule has 3 N–H and O–H groups in total. The molecule has 0 aliphatic heterocycles. The molecule has 0 spiro atoms. The van der Waals surface area contributed by atoms with Gasteiger partial charge < -0.3 is 9.47 Å². The predicted molar refractivity (Wildman–Crippen MR) is 88.2 cm³/mol. The first-order valence-electron chi connectivity index (χ1n) is 7.55. The summed E-state index contributed by atoms with van der Waals surface area (Å²) in [5.74, 6) is -0.0307. The summed E-state index contributed by atoms with van der Waals surface area (Å²) in [6.07, 6.45) is -0.846. The number of aromatic amines is 1. The highest BCUT2D eigenvalue weighted by Gasteiger charge is 2.16. The fourth-order valence-electron chi connectivity index (χ4n) is 1.79.